The minimum atomic E-state index is -4.86. The van der Waals surface area contributed by atoms with Crippen LogP contribution in [0.5, 0.6) is 5.75 Å². The number of hydrogen-bond acceptors (Lipinski definition) is 7. The minimum absolute atomic E-state index is 0.0604. The molecule has 2 heterocycles. The van der Waals surface area contributed by atoms with Crippen molar-refractivity contribution in [2.45, 2.75) is 13.3 Å². The van der Waals surface area contributed by atoms with Crippen molar-refractivity contribution < 1.29 is 27.4 Å². The Labute approximate surface area is 202 Å². The van der Waals surface area contributed by atoms with E-state index in [1.807, 2.05) is 6.92 Å². The first-order valence-electron chi connectivity index (χ1n) is 10.6. The Balaban J connectivity index is 1.66. The van der Waals surface area contributed by atoms with Gasteiger partial charge in [0.05, 0.1) is 17.9 Å². The molecule has 186 valence electrons. The SMILES string of the molecule is Cc1cc(N2CCOC2=O)ccc1-n1ccc(=O)c(/C(=C/C=N)Nc2cccc(OC(F)(F)F)c2)n1. The molecule has 0 unspecified atom stereocenters. The molecule has 2 aromatic carbocycles. The van der Waals surface area contributed by atoms with E-state index >= 15 is 0 Å². The Hall–Kier alpha value is -4.61. The zero-order valence-electron chi connectivity index (χ0n) is 18.9. The van der Waals surface area contributed by atoms with Crippen molar-refractivity contribution in [2.24, 2.45) is 0 Å². The highest BCUT2D eigenvalue weighted by molar-refractivity contribution is 5.89. The number of aryl methyl sites for hydroxylation is 1. The molecule has 0 aliphatic carbocycles. The highest BCUT2D eigenvalue weighted by Gasteiger charge is 2.31. The number of carbonyl (C=O) groups is 1. The molecule has 0 atom stereocenters. The summed E-state index contributed by atoms with van der Waals surface area (Å²) in [5.74, 6) is -0.447. The first-order valence-corrected chi connectivity index (χ1v) is 10.6. The first-order chi connectivity index (χ1) is 17.1. The Kier molecular flexibility index (Phi) is 6.77. The van der Waals surface area contributed by atoms with Gasteiger partial charge in [-0.15, -0.1) is 13.2 Å². The van der Waals surface area contributed by atoms with Crippen LogP contribution in [0, 0.1) is 12.3 Å². The lowest BCUT2D eigenvalue weighted by atomic mass is 10.1. The van der Waals surface area contributed by atoms with Crippen LogP contribution in [0.15, 0.2) is 65.6 Å². The average Bonchev–Trinajstić information content (AvgIpc) is 3.24. The van der Waals surface area contributed by atoms with Crippen molar-refractivity contribution in [1.29, 1.82) is 5.41 Å². The number of anilines is 2. The molecule has 0 radical (unpaired) electrons. The Bertz CT molecular complexity index is 1400. The summed E-state index contributed by atoms with van der Waals surface area (Å²) in [4.78, 5) is 26.0. The van der Waals surface area contributed by atoms with Crippen LogP contribution in [0.2, 0.25) is 0 Å². The largest absolute Gasteiger partial charge is 0.573 e. The van der Waals surface area contributed by atoms with Gasteiger partial charge < -0.3 is 20.2 Å². The van der Waals surface area contributed by atoms with Crippen LogP contribution in [0.1, 0.15) is 11.3 Å². The molecule has 1 fully saturated rings. The summed E-state index contributed by atoms with van der Waals surface area (Å²) in [7, 11) is 0. The van der Waals surface area contributed by atoms with Gasteiger partial charge in [0.1, 0.15) is 12.4 Å². The second kappa shape index (κ2) is 9.94. The van der Waals surface area contributed by atoms with Crippen molar-refractivity contribution in [3.8, 4) is 11.4 Å². The van der Waals surface area contributed by atoms with Crippen LogP contribution >= 0.6 is 0 Å². The number of nitrogens with zero attached hydrogens (tertiary/aromatic N) is 3. The molecule has 4 rings (SSSR count). The topological polar surface area (TPSA) is 110 Å². The summed E-state index contributed by atoms with van der Waals surface area (Å²) in [6.07, 6.45) is -1.63. The minimum Gasteiger partial charge on any atom is -0.447 e. The molecule has 1 saturated heterocycles. The first kappa shape index (κ1) is 24.5. The number of alkyl halides is 3. The van der Waals surface area contributed by atoms with E-state index in [9.17, 15) is 22.8 Å². The molecule has 3 aromatic rings. The number of benzene rings is 2. The van der Waals surface area contributed by atoms with Crippen LogP contribution in [-0.2, 0) is 4.74 Å². The summed E-state index contributed by atoms with van der Waals surface area (Å²) in [5.41, 5.74) is 1.81. The summed E-state index contributed by atoms with van der Waals surface area (Å²) in [6.45, 7) is 2.57. The lowest BCUT2D eigenvalue weighted by molar-refractivity contribution is -0.274. The van der Waals surface area contributed by atoms with E-state index in [1.165, 1.54) is 40.1 Å². The Morgan fingerprint density at radius 3 is 2.67 bits per heavy atom. The van der Waals surface area contributed by atoms with Crippen molar-refractivity contribution >= 4 is 29.4 Å². The monoisotopic (exact) mass is 499 g/mol. The van der Waals surface area contributed by atoms with Gasteiger partial charge in [-0.3, -0.25) is 9.69 Å². The number of halogens is 3. The quantitative estimate of drug-likeness (QED) is 0.464. The van der Waals surface area contributed by atoms with Crippen LogP contribution in [0.3, 0.4) is 0 Å². The predicted molar refractivity (Wildman–Crippen MR) is 127 cm³/mol. The number of nitrogens with one attached hydrogen (secondary N) is 2. The summed E-state index contributed by atoms with van der Waals surface area (Å²) in [6, 6.07) is 11.6. The van der Waals surface area contributed by atoms with Crippen LogP contribution in [-0.4, -0.2) is 41.6 Å². The number of aromatic nitrogens is 2. The van der Waals surface area contributed by atoms with E-state index in [0.29, 0.717) is 24.5 Å². The Morgan fingerprint density at radius 2 is 2.00 bits per heavy atom. The van der Waals surface area contributed by atoms with Crippen molar-refractivity contribution in [2.75, 3.05) is 23.4 Å². The summed E-state index contributed by atoms with van der Waals surface area (Å²) in [5, 5.41) is 14.7. The second-order valence-corrected chi connectivity index (χ2v) is 7.66. The number of cyclic esters (lactones) is 1. The zero-order chi connectivity index (χ0) is 25.9. The molecule has 1 aliphatic heterocycles. The number of carbonyl (C=O) groups excluding carboxylic acids is 1. The zero-order valence-corrected chi connectivity index (χ0v) is 18.9. The molecule has 0 bridgehead atoms. The highest BCUT2D eigenvalue weighted by Crippen LogP contribution is 2.27. The molecule has 36 heavy (non-hydrogen) atoms. The predicted octanol–water partition coefficient (Wildman–Crippen LogP) is 4.50. The van der Waals surface area contributed by atoms with E-state index in [-0.39, 0.29) is 17.1 Å². The maximum Gasteiger partial charge on any atom is 0.573 e. The number of allylic oxidation sites excluding steroid dienone is 1. The van der Waals surface area contributed by atoms with Gasteiger partial charge in [-0.1, -0.05) is 6.07 Å². The maximum atomic E-state index is 12.6. The molecule has 2 N–H and O–H groups in total. The lowest BCUT2D eigenvalue weighted by Crippen LogP contribution is -2.23. The molecule has 0 spiro atoms. The van der Waals surface area contributed by atoms with E-state index in [2.05, 4.69) is 15.2 Å². The molecular formula is C24H20F3N5O4. The van der Waals surface area contributed by atoms with Gasteiger partial charge >= 0.3 is 12.5 Å². The second-order valence-electron chi connectivity index (χ2n) is 7.66. The van der Waals surface area contributed by atoms with Gasteiger partial charge in [-0.2, -0.15) is 5.10 Å². The fraction of sp³-hybridized carbons (Fsp3) is 0.167. The molecule has 1 amide bonds. The van der Waals surface area contributed by atoms with Gasteiger partial charge in [-0.05, 0) is 48.9 Å². The normalized spacial score (nSPS) is 13.9. The molecule has 1 aliphatic rings. The van der Waals surface area contributed by atoms with Gasteiger partial charge in [0.15, 0.2) is 5.69 Å². The van der Waals surface area contributed by atoms with E-state index in [0.717, 1.165) is 23.9 Å². The molecule has 0 saturated carbocycles. The van der Waals surface area contributed by atoms with Gasteiger partial charge in [0.25, 0.3) is 0 Å². The maximum absolute atomic E-state index is 12.6. The average molecular weight is 499 g/mol. The van der Waals surface area contributed by atoms with Crippen LogP contribution in [0.4, 0.5) is 29.3 Å². The molecule has 12 heteroatoms. The van der Waals surface area contributed by atoms with Crippen molar-refractivity contribution in [1.82, 2.24) is 9.78 Å². The van der Waals surface area contributed by atoms with Gasteiger partial charge in [-0.25, -0.2) is 9.48 Å². The lowest BCUT2D eigenvalue weighted by Gasteiger charge is -2.17. The molecule has 9 nitrogen and oxygen atoms in total. The fourth-order valence-corrected chi connectivity index (χ4v) is 3.61. The van der Waals surface area contributed by atoms with Crippen LogP contribution < -0.4 is 20.4 Å². The number of ether oxygens (including phenoxy) is 2. The standard InChI is InChI=1S/C24H20F3N5O4/c1-15-13-17(31-11-12-35-23(31)34)5-6-20(15)32-10-8-21(33)22(30-32)19(7-9-28)29-16-3-2-4-18(14-16)36-24(25,26)27/h2-10,13-14,28-29H,11-12H2,1H3/b19-7-,28-9?. The van der Waals surface area contributed by atoms with Crippen molar-refractivity contribution in [3.05, 3.63) is 82.3 Å². The Morgan fingerprint density at radius 1 is 1.19 bits per heavy atom. The summed E-state index contributed by atoms with van der Waals surface area (Å²) < 4.78 is 48.1. The van der Waals surface area contributed by atoms with E-state index in [1.54, 1.807) is 18.2 Å². The number of amides is 1. The van der Waals surface area contributed by atoms with Gasteiger partial charge in [0, 0.05) is 35.9 Å². The van der Waals surface area contributed by atoms with Crippen LogP contribution in [0.25, 0.3) is 11.4 Å². The molecular weight excluding hydrogens is 479 g/mol. The highest BCUT2D eigenvalue weighted by atomic mass is 19.4. The third-order valence-corrected chi connectivity index (χ3v) is 5.16. The number of hydrogen-bond donors (Lipinski definition) is 2. The molecule has 1 aromatic heterocycles. The third kappa shape index (κ3) is 5.54. The van der Waals surface area contributed by atoms with Crippen molar-refractivity contribution in [3.63, 3.8) is 0 Å². The van der Waals surface area contributed by atoms with E-state index < -0.39 is 23.6 Å². The van der Waals surface area contributed by atoms with Gasteiger partial charge in [0.2, 0.25) is 5.43 Å². The van der Waals surface area contributed by atoms with E-state index in [4.69, 9.17) is 10.1 Å². The third-order valence-electron chi connectivity index (χ3n) is 5.16. The fourth-order valence-electron chi connectivity index (χ4n) is 3.61. The summed E-state index contributed by atoms with van der Waals surface area (Å²) >= 11 is 0. The smallest absolute Gasteiger partial charge is 0.447 e. The number of rotatable bonds is 7.